The van der Waals surface area contributed by atoms with E-state index in [0.717, 1.165) is 20.7 Å². The van der Waals surface area contributed by atoms with E-state index in [0.29, 0.717) is 0 Å². The summed E-state index contributed by atoms with van der Waals surface area (Å²) in [5, 5.41) is 11.0. The van der Waals surface area contributed by atoms with Gasteiger partial charge in [-0.2, -0.15) is 0 Å². The fourth-order valence-electron chi connectivity index (χ4n) is 1.51. The molecule has 0 saturated carbocycles. The van der Waals surface area contributed by atoms with Crippen molar-refractivity contribution < 1.29 is 9.84 Å². The zero-order valence-corrected chi connectivity index (χ0v) is 9.89. The fourth-order valence-corrected chi connectivity index (χ4v) is 2.59. The average Bonchev–Trinajstić information content (AvgIpc) is 2.59. The summed E-state index contributed by atoms with van der Waals surface area (Å²) < 4.78 is 6.42. The largest absolute Gasteiger partial charge is 0.496 e. The van der Waals surface area contributed by atoms with E-state index in [1.807, 2.05) is 24.3 Å². The quantitative estimate of drug-likeness (QED) is 0.846. The van der Waals surface area contributed by atoms with Gasteiger partial charge in [0.15, 0.2) is 0 Å². The third kappa shape index (κ3) is 1.85. The van der Waals surface area contributed by atoms with E-state index in [1.54, 1.807) is 32.3 Å². The van der Waals surface area contributed by atoms with Crippen molar-refractivity contribution >= 4 is 21.4 Å². The van der Waals surface area contributed by atoms with Crippen LogP contribution in [0, 0.1) is 0 Å². The van der Waals surface area contributed by atoms with Gasteiger partial charge in [-0.3, -0.25) is 0 Å². The normalized spacial score (nSPS) is 12.0. The van der Waals surface area contributed by atoms with Crippen molar-refractivity contribution in [3.8, 4) is 5.75 Å². The molecule has 1 aromatic carbocycles. The molecule has 1 N–H and O–H groups in total. The molecule has 0 unspecified atom stereocenters. The summed E-state index contributed by atoms with van der Waals surface area (Å²) in [6, 6.07) is 7.94. The number of ether oxygens (including phenoxy) is 1. The highest BCUT2D eigenvalue weighted by molar-refractivity contribution is 7.19. The van der Waals surface area contributed by atoms with Crippen molar-refractivity contribution in [2.45, 2.75) is 19.4 Å². The summed E-state index contributed by atoms with van der Waals surface area (Å²) in [5.41, 5.74) is -0.783. The van der Waals surface area contributed by atoms with Crippen LogP contribution in [0.4, 0.5) is 0 Å². The Bertz CT molecular complexity index is 480. The third-order valence-corrected chi connectivity index (χ3v) is 3.76. The highest BCUT2D eigenvalue weighted by atomic mass is 32.1. The van der Waals surface area contributed by atoms with Crippen LogP contribution in [0.2, 0.25) is 0 Å². The molecule has 1 aromatic heterocycles. The second kappa shape index (κ2) is 3.51. The van der Waals surface area contributed by atoms with Gasteiger partial charge in [-0.15, -0.1) is 11.3 Å². The molecule has 80 valence electrons. The molecule has 0 saturated heterocycles. The van der Waals surface area contributed by atoms with E-state index in [-0.39, 0.29) is 0 Å². The van der Waals surface area contributed by atoms with Gasteiger partial charge in [0.2, 0.25) is 0 Å². The maximum atomic E-state index is 9.92. The fraction of sp³-hybridized carbons (Fsp3) is 0.333. The highest BCUT2D eigenvalue weighted by Gasteiger charge is 2.19. The molecule has 3 heteroatoms. The molecule has 15 heavy (non-hydrogen) atoms. The first kappa shape index (κ1) is 10.5. The Morgan fingerprint density at radius 3 is 2.67 bits per heavy atom. The maximum absolute atomic E-state index is 9.92. The zero-order valence-electron chi connectivity index (χ0n) is 9.07. The Morgan fingerprint density at radius 1 is 1.33 bits per heavy atom. The Kier molecular flexibility index (Phi) is 2.44. The Balaban J connectivity index is 2.65. The van der Waals surface area contributed by atoms with Crippen LogP contribution in [0.25, 0.3) is 10.1 Å². The first-order valence-corrected chi connectivity index (χ1v) is 5.63. The monoisotopic (exact) mass is 222 g/mol. The van der Waals surface area contributed by atoms with Crippen LogP contribution in [0.1, 0.15) is 18.7 Å². The van der Waals surface area contributed by atoms with Gasteiger partial charge < -0.3 is 9.84 Å². The van der Waals surface area contributed by atoms with E-state index >= 15 is 0 Å². The summed E-state index contributed by atoms with van der Waals surface area (Å²) >= 11 is 1.60. The van der Waals surface area contributed by atoms with E-state index in [2.05, 4.69) is 0 Å². The second-order valence-electron chi connectivity index (χ2n) is 4.04. The zero-order chi connectivity index (χ0) is 11.1. The molecular formula is C12H14O2S. The van der Waals surface area contributed by atoms with E-state index in [4.69, 9.17) is 4.74 Å². The van der Waals surface area contributed by atoms with Crippen molar-refractivity contribution in [1.29, 1.82) is 0 Å². The Morgan fingerprint density at radius 2 is 2.07 bits per heavy atom. The number of fused-ring (bicyclic) bond motifs is 1. The summed E-state index contributed by atoms with van der Waals surface area (Å²) in [6.45, 7) is 3.59. The minimum absolute atomic E-state index is 0.783. The van der Waals surface area contributed by atoms with Crippen LogP contribution in [-0.4, -0.2) is 12.2 Å². The number of aliphatic hydroxyl groups is 1. The van der Waals surface area contributed by atoms with Crippen LogP contribution >= 0.6 is 11.3 Å². The molecule has 2 nitrogen and oxygen atoms in total. The first-order chi connectivity index (χ1) is 7.02. The van der Waals surface area contributed by atoms with Gasteiger partial charge in [0.05, 0.1) is 12.7 Å². The molecule has 0 fully saturated rings. The maximum Gasteiger partial charge on any atom is 0.127 e. The second-order valence-corrected chi connectivity index (χ2v) is 5.13. The lowest BCUT2D eigenvalue weighted by Crippen LogP contribution is -2.12. The number of rotatable bonds is 2. The average molecular weight is 222 g/mol. The van der Waals surface area contributed by atoms with Gasteiger partial charge in [-0.25, -0.2) is 0 Å². The van der Waals surface area contributed by atoms with Crippen LogP contribution in [-0.2, 0) is 5.60 Å². The van der Waals surface area contributed by atoms with Gasteiger partial charge in [0.1, 0.15) is 5.75 Å². The van der Waals surface area contributed by atoms with E-state index in [1.165, 1.54) is 0 Å². The van der Waals surface area contributed by atoms with Gasteiger partial charge >= 0.3 is 0 Å². The predicted octanol–water partition coefficient (Wildman–Crippen LogP) is 3.14. The lowest BCUT2D eigenvalue weighted by Gasteiger charge is -2.13. The molecule has 0 aliphatic heterocycles. The molecule has 0 spiro atoms. The molecule has 0 radical (unpaired) electrons. The Labute approximate surface area is 93.1 Å². The number of benzene rings is 1. The molecule has 2 aromatic rings. The first-order valence-electron chi connectivity index (χ1n) is 4.82. The number of hydrogen-bond donors (Lipinski definition) is 1. The molecule has 0 bridgehead atoms. The molecule has 0 aliphatic carbocycles. The minimum atomic E-state index is -0.783. The summed E-state index contributed by atoms with van der Waals surface area (Å²) in [5.74, 6) is 0.860. The van der Waals surface area contributed by atoms with Gasteiger partial charge in [-0.1, -0.05) is 6.07 Å². The van der Waals surface area contributed by atoms with Crippen LogP contribution in [0.3, 0.4) is 0 Å². The molecule has 0 amide bonds. The molecule has 2 rings (SSSR count). The van der Waals surface area contributed by atoms with Crippen molar-refractivity contribution in [1.82, 2.24) is 0 Å². The molecular weight excluding hydrogens is 208 g/mol. The molecule has 0 atom stereocenters. The van der Waals surface area contributed by atoms with Crippen molar-refractivity contribution in [3.63, 3.8) is 0 Å². The van der Waals surface area contributed by atoms with Crippen molar-refractivity contribution in [3.05, 3.63) is 29.1 Å². The smallest absolute Gasteiger partial charge is 0.127 e. The molecule has 1 heterocycles. The molecule has 0 aliphatic rings. The lowest BCUT2D eigenvalue weighted by atomic mass is 10.1. The van der Waals surface area contributed by atoms with Gasteiger partial charge in [-0.05, 0) is 32.0 Å². The Hall–Kier alpha value is -1.06. The summed E-state index contributed by atoms with van der Waals surface area (Å²) in [7, 11) is 1.66. The van der Waals surface area contributed by atoms with Crippen LogP contribution in [0.5, 0.6) is 5.75 Å². The summed E-state index contributed by atoms with van der Waals surface area (Å²) in [6.07, 6.45) is 0. The van der Waals surface area contributed by atoms with Crippen LogP contribution < -0.4 is 4.74 Å². The SMILES string of the molecule is COc1cccc2sc(C(C)(C)O)cc12. The van der Waals surface area contributed by atoms with E-state index in [9.17, 15) is 5.11 Å². The topological polar surface area (TPSA) is 29.5 Å². The summed E-state index contributed by atoms with van der Waals surface area (Å²) in [4.78, 5) is 0.960. The van der Waals surface area contributed by atoms with E-state index < -0.39 is 5.60 Å². The minimum Gasteiger partial charge on any atom is -0.496 e. The lowest BCUT2D eigenvalue weighted by molar-refractivity contribution is 0.0826. The number of methoxy groups -OCH3 is 1. The van der Waals surface area contributed by atoms with Crippen molar-refractivity contribution in [2.75, 3.05) is 7.11 Å². The number of thiophene rings is 1. The van der Waals surface area contributed by atoms with Gasteiger partial charge in [0, 0.05) is 15.0 Å². The van der Waals surface area contributed by atoms with Gasteiger partial charge in [0.25, 0.3) is 0 Å². The standard InChI is InChI=1S/C12H14O2S/c1-12(2,13)11-7-8-9(14-3)5-4-6-10(8)15-11/h4-7,13H,1-3H3. The van der Waals surface area contributed by atoms with Crippen molar-refractivity contribution in [2.24, 2.45) is 0 Å². The third-order valence-electron chi connectivity index (χ3n) is 2.34. The predicted molar refractivity (Wildman–Crippen MR) is 63.6 cm³/mol. The number of hydrogen-bond acceptors (Lipinski definition) is 3. The highest BCUT2D eigenvalue weighted by Crippen LogP contribution is 2.37. The van der Waals surface area contributed by atoms with Crippen LogP contribution in [0.15, 0.2) is 24.3 Å².